The average molecular weight is 241 g/mol. The Bertz CT molecular complexity index is 341. The number of hydrogen-bond acceptors (Lipinski definition) is 1. The van der Waals surface area contributed by atoms with Crippen molar-refractivity contribution in [2.45, 2.75) is 33.6 Å². The van der Waals surface area contributed by atoms with Gasteiger partial charge >= 0.3 is 0 Å². The Labute approximate surface area is 102 Å². The van der Waals surface area contributed by atoms with Crippen LogP contribution in [0.25, 0.3) is 0 Å². The van der Waals surface area contributed by atoms with Gasteiger partial charge < -0.3 is 5.32 Å². The van der Waals surface area contributed by atoms with Crippen molar-refractivity contribution >= 4 is 0 Å². The normalized spacial score (nSPS) is 11.8. The monoisotopic (exact) mass is 241 g/mol. The number of rotatable bonds is 6. The first-order valence-electron chi connectivity index (χ1n) is 6.08. The molecule has 1 rings (SSSR count). The lowest BCUT2D eigenvalue weighted by Crippen LogP contribution is -2.31. The highest BCUT2D eigenvalue weighted by molar-refractivity contribution is 5.19. The van der Waals surface area contributed by atoms with Crippen molar-refractivity contribution in [3.63, 3.8) is 0 Å². The second-order valence-corrected chi connectivity index (χ2v) is 5.30. The fraction of sp³-hybridized carbons (Fsp3) is 0.571. The van der Waals surface area contributed by atoms with Crippen LogP contribution in [0.3, 0.4) is 0 Å². The van der Waals surface area contributed by atoms with Gasteiger partial charge in [-0.15, -0.1) is 0 Å². The molecule has 0 aliphatic carbocycles. The van der Waals surface area contributed by atoms with Gasteiger partial charge in [-0.05, 0) is 42.5 Å². The molecule has 1 N–H and O–H groups in total. The molecule has 1 nitrogen and oxygen atoms in total. The Balaban J connectivity index is 2.62. The molecule has 0 saturated heterocycles. The van der Waals surface area contributed by atoms with E-state index in [4.69, 9.17) is 0 Å². The molecule has 0 aliphatic heterocycles. The molecule has 0 unspecified atom stereocenters. The van der Waals surface area contributed by atoms with Crippen molar-refractivity contribution in [3.8, 4) is 0 Å². The van der Waals surface area contributed by atoms with Gasteiger partial charge in [-0.25, -0.2) is 8.78 Å². The summed E-state index contributed by atoms with van der Waals surface area (Å²) in [5, 5.41) is 3.34. The lowest BCUT2D eigenvalue weighted by atomic mass is 9.85. The van der Waals surface area contributed by atoms with Gasteiger partial charge in [-0.2, -0.15) is 0 Å². The summed E-state index contributed by atoms with van der Waals surface area (Å²) in [4.78, 5) is 0. The van der Waals surface area contributed by atoms with Gasteiger partial charge in [0.1, 0.15) is 11.6 Å². The van der Waals surface area contributed by atoms with Crippen LogP contribution in [0.5, 0.6) is 0 Å². The van der Waals surface area contributed by atoms with E-state index in [-0.39, 0.29) is 5.41 Å². The Morgan fingerprint density at radius 2 is 1.71 bits per heavy atom. The molecule has 96 valence electrons. The number of nitrogens with one attached hydrogen (secondary N) is 1. The molecule has 17 heavy (non-hydrogen) atoms. The molecule has 0 heterocycles. The molecule has 3 heteroatoms. The summed E-state index contributed by atoms with van der Waals surface area (Å²) in [6.45, 7) is 8.12. The van der Waals surface area contributed by atoms with Crippen LogP contribution in [0.4, 0.5) is 8.78 Å². The van der Waals surface area contributed by atoms with E-state index in [2.05, 4.69) is 26.1 Å². The zero-order valence-corrected chi connectivity index (χ0v) is 10.8. The number of benzene rings is 1. The third-order valence-electron chi connectivity index (χ3n) is 2.64. The highest BCUT2D eigenvalue weighted by atomic mass is 19.1. The van der Waals surface area contributed by atoms with Crippen LogP contribution in [-0.4, -0.2) is 13.1 Å². The molecule has 0 amide bonds. The van der Waals surface area contributed by atoms with Crippen LogP contribution in [-0.2, 0) is 6.42 Å². The van der Waals surface area contributed by atoms with E-state index in [0.717, 1.165) is 25.6 Å². The third-order valence-corrected chi connectivity index (χ3v) is 2.64. The Kier molecular flexibility index (Phi) is 5.06. The van der Waals surface area contributed by atoms with Crippen molar-refractivity contribution < 1.29 is 8.78 Å². The van der Waals surface area contributed by atoms with Gasteiger partial charge in [0.05, 0.1) is 0 Å². The largest absolute Gasteiger partial charge is 0.316 e. The Morgan fingerprint density at radius 1 is 1.12 bits per heavy atom. The molecule has 0 fully saturated rings. The van der Waals surface area contributed by atoms with Crippen molar-refractivity contribution in [2.75, 3.05) is 13.1 Å². The Hall–Kier alpha value is -0.960. The SMILES string of the molecule is CCCNCC(C)(C)Cc1cc(F)cc(F)c1. The van der Waals surface area contributed by atoms with Crippen molar-refractivity contribution in [1.29, 1.82) is 0 Å². The summed E-state index contributed by atoms with van der Waals surface area (Å²) >= 11 is 0. The van der Waals surface area contributed by atoms with E-state index in [1.165, 1.54) is 12.1 Å². The zero-order valence-electron chi connectivity index (χ0n) is 10.8. The topological polar surface area (TPSA) is 12.0 Å². The van der Waals surface area contributed by atoms with E-state index in [1.807, 2.05) is 0 Å². The van der Waals surface area contributed by atoms with E-state index in [1.54, 1.807) is 0 Å². The minimum Gasteiger partial charge on any atom is -0.316 e. The Morgan fingerprint density at radius 3 is 2.24 bits per heavy atom. The predicted octanol–water partition coefficient (Wildman–Crippen LogP) is 3.53. The number of halogens is 2. The van der Waals surface area contributed by atoms with Gasteiger partial charge in [-0.3, -0.25) is 0 Å². The summed E-state index contributed by atoms with van der Waals surface area (Å²) in [6.07, 6.45) is 1.75. The van der Waals surface area contributed by atoms with Crippen molar-refractivity contribution in [2.24, 2.45) is 5.41 Å². The maximum Gasteiger partial charge on any atom is 0.126 e. The van der Waals surface area contributed by atoms with Crippen LogP contribution < -0.4 is 5.32 Å². The molecule has 0 atom stereocenters. The molecular formula is C14H21F2N. The highest BCUT2D eigenvalue weighted by Gasteiger charge is 2.18. The van der Waals surface area contributed by atoms with E-state index in [9.17, 15) is 8.78 Å². The zero-order chi connectivity index (χ0) is 12.9. The van der Waals surface area contributed by atoms with Crippen LogP contribution in [0, 0.1) is 17.0 Å². The summed E-state index contributed by atoms with van der Waals surface area (Å²) in [6, 6.07) is 3.72. The van der Waals surface area contributed by atoms with E-state index < -0.39 is 11.6 Å². The first-order valence-corrected chi connectivity index (χ1v) is 6.08. The number of hydrogen-bond donors (Lipinski definition) is 1. The lowest BCUT2D eigenvalue weighted by molar-refractivity contribution is 0.338. The minimum absolute atomic E-state index is 0.00456. The smallest absolute Gasteiger partial charge is 0.126 e. The van der Waals surface area contributed by atoms with E-state index in [0.29, 0.717) is 12.0 Å². The standard InChI is InChI=1S/C14H21F2N/c1-4-5-17-10-14(2,3)9-11-6-12(15)8-13(16)7-11/h6-8,17H,4-5,9-10H2,1-3H3. The molecule has 0 saturated carbocycles. The molecule has 0 aromatic heterocycles. The summed E-state index contributed by atoms with van der Waals surface area (Å²) in [5.41, 5.74) is 0.709. The third kappa shape index (κ3) is 5.26. The van der Waals surface area contributed by atoms with Gasteiger partial charge in [-0.1, -0.05) is 20.8 Å². The van der Waals surface area contributed by atoms with Crippen molar-refractivity contribution in [1.82, 2.24) is 5.32 Å². The summed E-state index contributed by atoms with van der Waals surface area (Å²) in [7, 11) is 0. The maximum atomic E-state index is 13.1. The summed E-state index contributed by atoms with van der Waals surface area (Å²) < 4.78 is 26.1. The van der Waals surface area contributed by atoms with Gasteiger partial charge in [0.2, 0.25) is 0 Å². The maximum absolute atomic E-state index is 13.1. The fourth-order valence-corrected chi connectivity index (χ4v) is 1.93. The molecule has 0 radical (unpaired) electrons. The van der Waals surface area contributed by atoms with Crippen LogP contribution >= 0.6 is 0 Å². The lowest BCUT2D eigenvalue weighted by Gasteiger charge is -2.25. The minimum atomic E-state index is -0.502. The fourth-order valence-electron chi connectivity index (χ4n) is 1.93. The first kappa shape index (κ1) is 14.1. The highest BCUT2D eigenvalue weighted by Crippen LogP contribution is 2.22. The quantitative estimate of drug-likeness (QED) is 0.751. The van der Waals surface area contributed by atoms with Crippen molar-refractivity contribution in [3.05, 3.63) is 35.4 Å². The molecule has 1 aromatic carbocycles. The van der Waals surface area contributed by atoms with Crippen LogP contribution in [0.15, 0.2) is 18.2 Å². The van der Waals surface area contributed by atoms with E-state index >= 15 is 0 Å². The van der Waals surface area contributed by atoms with Crippen LogP contribution in [0.2, 0.25) is 0 Å². The second-order valence-electron chi connectivity index (χ2n) is 5.30. The molecule has 0 spiro atoms. The molecular weight excluding hydrogens is 220 g/mol. The van der Waals surface area contributed by atoms with Crippen LogP contribution in [0.1, 0.15) is 32.8 Å². The van der Waals surface area contributed by atoms with Gasteiger partial charge in [0.25, 0.3) is 0 Å². The molecule has 1 aromatic rings. The average Bonchev–Trinajstić information content (AvgIpc) is 2.14. The predicted molar refractivity (Wildman–Crippen MR) is 67.0 cm³/mol. The molecule has 0 aliphatic rings. The molecule has 0 bridgehead atoms. The van der Waals surface area contributed by atoms with Gasteiger partial charge in [0.15, 0.2) is 0 Å². The summed E-state index contributed by atoms with van der Waals surface area (Å²) in [5.74, 6) is -1.00. The first-order chi connectivity index (χ1) is 7.93. The second kappa shape index (κ2) is 6.10. The van der Waals surface area contributed by atoms with Gasteiger partial charge in [0, 0.05) is 12.6 Å².